The van der Waals surface area contributed by atoms with Gasteiger partial charge in [-0.3, -0.25) is 4.79 Å². The normalized spacial score (nSPS) is 22.2. The molecule has 5 heteroatoms. The van der Waals surface area contributed by atoms with Crippen LogP contribution in [0.5, 0.6) is 5.75 Å². The Balaban J connectivity index is 1.65. The van der Waals surface area contributed by atoms with E-state index in [1.54, 1.807) is 23.5 Å². The summed E-state index contributed by atoms with van der Waals surface area (Å²) in [6, 6.07) is 7.14. The van der Waals surface area contributed by atoms with E-state index in [-0.39, 0.29) is 17.8 Å². The second kappa shape index (κ2) is 6.31. The molecule has 1 amide bonds. The fourth-order valence-corrected chi connectivity index (χ4v) is 5.49. The van der Waals surface area contributed by atoms with Crippen LogP contribution in [0.4, 0.5) is 5.00 Å². The van der Waals surface area contributed by atoms with E-state index < -0.39 is 0 Å². The van der Waals surface area contributed by atoms with Gasteiger partial charge in [-0.05, 0) is 42.2 Å². The van der Waals surface area contributed by atoms with E-state index in [0.717, 1.165) is 29.8 Å². The summed E-state index contributed by atoms with van der Waals surface area (Å²) >= 11 is 1.72. The van der Waals surface area contributed by atoms with Crippen molar-refractivity contribution in [1.29, 1.82) is 0 Å². The molecule has 0 spiro atoms. The molecule has 4 nitrogen and oxygen atoms in total. The molecule has 2 heterocycles. The van der Waals surface area contributed by atoms with Crippen molar-refractivity contribution in [2.24, 2.45) is 11.3 Å². The van der Waals surface area contributed by atoms with E-state index in [1.165, 1.54) is 16.9 Å². The molecular formula is C21H26N2O2S. The number of benzene rings is 1. The van der Waals surface area contributed by atoms with Gasteiger partial charge in [0.25, 0.3) is 5.91 Å². The summed E-state index contributed by atoms with van der Waals surface area (Å²) in [6.07, 6.45) is 3.97. The molecule has 1 aliphatic heterocycles. The minimum absolute atomic E-state index is 0.0299. The van der Waals surface area contributed by atoms with Crippen LogP contribution in [0.2, 0.25) is 0 Å². The lowest BCUT2D eigenvalue weighted by atomic mass is 9.69. The summed E-state index contributed by atoms with van der Waals surface area (Å²) in [5.41, 5.74) is 3.08. The molecule has 2 atom stereocenters. The Morgan fingerprint density at radius 3 is 2.77 bits per heavy atom. The van der Waals surface area contributed by atoms with Crippen molar-refractivity contribution in [2.75, 3.05) is 5.32 Å². The Hall–Kier alpha value is -2.01. The zero-order valence-electron chi connectivity index (χ0n) is 15.6. The summed E-state index contributed by atoms with van der Waals surface area (Å²) in [5.74, 6) is 0.828. The van der Waals surface area contributed by atoms with Crippen LogP contribution in [0.15, 0.2) is 24.3 Å². The van der Waals surface area contributed by atoms with Crippen molar-refractivity contribution in [3.05, 3.63) is 45.8 Å². The molecule has 26 heavy (non-hydrogen) atoms. The predicted octanol–water partition coefficient (Wildman–Crippen LogP) is 4.85. The average molecular weight is 371 g/mol. The minimum atomic E-state index is -0.390. The van der Waals surface area contributed by atoms with Gasteiger partial charge in [-0.15, -0.1) is 11.3 Å². The number of nitrogens with one attached hydrogen (secondary N) is 2. The summed E-state index contributed by atoms with van der Waals surface area (Å²) in [4.78, 5) is 14.2. The van der Waals surface area contributed by atoms with Crippen molar-refractivity contribution in [3.8, 4) is 5.75 Å². The average Bonchev–Trinajstić information content (AvgIpc) is 3.00. The molecule has 1 aromatic carbocycles. The van der Waals surface area contributed by atoms with E-state index in [4.69, 9.17) is 0 Å². The highest BCUT2D eigenvalue weighted by Gasteiger charge is 2.37. The van der Waals surface area contributed by atoms with Gasteiger partial charge in [-0.1, -0.05) is 45.4 Å². The maximum absolute atomic E-state index is 12.8. The van der Waals surface area contributed by atoms with Crippen LogP contribution < -0.4 is 10.6 Å². The van der Waals surface area contributed by atoms with Crippen LogP contribution in [0.1, 0.15) is 66.1 Å². The van der Waals surface area contributed by atoms with Crippen LogP contribution in [-0.2, 0) is 12.8 Å². The number of phenolic OH excluding ortho intramolecular Hbond substituents is 1. The van der Waals surface area contributed by atoms with Crippen molar-refractivity contribution in [2.45, 2.75) is 52.6 Å². The van der Waals surface area contributed by atoms with Gasteiger partial charge < -0.3 is 15.7 Å². The lowest BCUT2D eigenvalue weighted by Crippen LogP contribution is -2.38. The number of rotatable bonds is 3. The number of aromatic hydroxyl groups is 1. The van der Waals surface area contributed by atoms with Crippen LogP contribution in [0, 0.1) is 11.3 Å². The molecule has 0 fully saturated rings. The first kappa shape index (κ1) is 17.4. The van der Waals surface area contributed by atoms with Crippen LogP contribution in [-0.4, -0.2) is 11.0 Å². The third-order valence-corrected chi connectivity index (χ3v) is 7.49. The molecule has 0 unspecified atom stereocenters. The molecule has 0 saturated heterocycles. The zero-order valence-corrected chi connectivity index (χ0v) is 16.4. The number of amides is 1. The third kappa shape index (κ3) is 2.78. The summed E-state index contributed by atoms with van der Waals surface area (Å²) in [7, 11) is 0. The number of thiophene rings is 1. The van der Waals surface area contributed by atoms with Crippen molar-refractivity contribution < 1.29 is 9.90 Å². The number of carbonyl (C=O) groups excluding carboxylic acids is 1. The second-order valence-corrected chi connectivity index (χ2v) is 9.20. The van der Waals surface area contributed by atoms with Gasteiger partial charge >= 0.3 is 0 Å². The highest BCUT2D eigenvalue weighted by atomic mass is 32.1. The zero-order chi connectivity index (χ0) is 18.5. The first-order valence-electron chi connectivity index (χ1n) is 9.40. The number of hydrogen-bond acceptors (Lipinski definition) is 4. The fraction of sp³-hybridized carbons (Fsp3) is 0.476. The molecule has 138 valence electrons. The first-order valence-corrected chi connectivity index (χ1v) is 10.2. The number of carbonyl (C=O) groups is 1. The summed E-state index contributed by atoms with van der Waals surface area (Å²) in [6.45, 7) is 6.98. The van der Waals surface area contributed by atoms with Gasteiger partial charge in [0.1, 0.15) is 16.9 Å². The summed E-state index contributed by atoms with van der Waals surface area (Å²) < 4.78 is 0. The Labute approximate surface area is 158 Å². The van der Waals surface area contributed by atoms with Crippen molar-refractivity contribution in [1.82, 2.24) is 5.32 Å². The number of fused-ring (bicyclic) bond motifs is 3. The van der Waals surface area contributed by atoms with Gasteiger partial charge in [0.15, 0.2) is 0 Å². The molecule has 1 aromatic heterocycles. The van der Waals surface area contributed by atoms with Crippen LogP contribution in [0.3, 0.4) is 0 Å². The van der Waals surface area contributed by atoms with Gasteiger partial charge in [0, 0.05) is 10.4 Å². The molecule has 3 N–H and O–H groups in total. The monoisotopic (exact) mass is 370 g/mol. The molecule has 4 rings (SSSR count). The number of hydrogen-bond donors (Lipinski definition) is 3. The molecule has 0 saturated carbocycles. The molecule has 0 radical (unpaired) electrons. The van der Waals surface area contributed by atoms with Crippen molar-refractivity contribution in [3.63, 3.8) is 0 Å². The number of anilines is 1. The molecule has 2 aliphatic rings. The molecular weight excluding hydrogens is 344 g/mol. The predicted molar refractivity (Wildman–Crippen MR) is 106 cm³/mol. The van der Waals surface area contributed by atoms with Gasteiger partial charge in [-0.2, -0.15) is 0 Å². The van der Waals surface area contributed by atoms with Crippen LogP contribution >= 0.6 is 11.3 Å². The maximum Gasteiger partial charge on any atom is 0.256 e. The largest absolute Gasteiger partial charge is 0.508 e. The Bertz CT molecular complexity index is 856. The van der Waals surface area contributed by atoms with E-state index in [2.05, 4.69) is 31.4 Å². The lowest BCUT2D eigenvalue weighted by molar-refractivity contribution is 0.0934. The molecule has 0 bridgehead atoms. The van der Waals surface area contributed by atoms with Gasteiger partial charge in [0.2, 0.25) is 0 Å². The minimum Gasteiger partial charge on any atom is -0.508 e. The Kier molecular flexibility index (Phi) is 4.22. The number of para-hydroxylation sites is 1. The molecule has 2 aromatic rings. The quantitative estimate of drug-likeness (QED) is 0.724. The Morgan fingerprint density at radius 1 is 1.27 bits per heavy atom. The SMILES string of the molecule is CCC(C)(C)[C@@H]1CCc2c(sc3c2C(=O)N[C@H](c2ccccc2O)N3)C1. The fourth-order valence-electron chi connectivity index (χ4n) is 4.14. The van der Waals surface area contributed by atoms with Gasteiger partial charge in [0.05, 0.1) is 5.56 Å². The highest BCUT2D eigenvalue weighted by molar-refractivity contribution is 7.16. The standard InChI is InChI=1S/C21H26N2O2S/c1-4-21(2,3)12-9-10-14-16(11-12)26-20-17(14)19(25)22-18(23-20)13-7-5-6-8-15(13)24/h5-8,12,18,23-24H,4,9-11H2,1-3H3,(H,22,25)/t12-,18+/m1/s1. The first-order chi connectivity index (χ1) is 12.4. The maximum atomic E-state index is 12.8. The second-order valence-electron chi connectivity index (χ2n) is 8.10. The number of phenols is 1. The summed E-state index contributed by atoms with van der Waals surface area (Å²) in [5, 5.41) is 17.5. The van der Waals surface area contributed by atoms with E-state index in [1.807, 2.05) is 12.1 Å². The van der Waals surface area contributed by atoms with E-state index >= 15 is 0 Å². The smallest absolute Gasteiger partial charge is 0.256 e. The lowest BCUT2D eigenvalue weighted by Gasteiger charge is -2.36. The highest BCUT2D eigenvalue weighted by Crippen LogP contribution is 2.47. The van der Waals surface area contributed by atoms with E-state index in [0.29, 0.717) is 16.9 Å². The Morgan fingerprint density at radius 2 is 2.04 bits per heavy atom. The van der Waals surface area contributed by atoms with Crippen LogP contribution in [0.25, 0.3) is 0 Å². The molecule has 1 aliphatic carbocycles. The third-order valence-electron chi connectivity index (χ3n) is 6.31. The topological polar surface area (TPSA) is 61.4 Å². The van der Waals surface area contributed by atoms with Gasteiger partial charge in [-0.25, -0.2) is 0 Å². The van der Waals surface area contributed by atoms with Crippen molar-refractivity contribution >= 4 is 22.2 Å². The van der Waals surface area contributed by atoms with E-state index in [9.17, 15) is 9.90 Å².